The molecule has 0 radical (unpaired) electrons. The number of amides is 1. The smallest absolute Gasteiger partial charge is 0.416 e. The second kappa shape index (κ2) is 10.4. The van der Waals surface area contributed by atoms with Crippen LogP contribution in [0, 0.1) is 0 Å². The van der Waals surface area contributed by atoms with Gasteiger partial charge in [0, 0.05) is 18.7 Å². The average Bonchev–Trinajstić information content (AvgIpc) is 2.88. The van der Waals surface area contributed by atoms with Gasteiger partial charge in [-0.05, 0) is 48.9 Å². The van der Waals surface area contributed by atoms with Crippen LogP contribution in [-0.2, 0) is 23.9 Å². The highest BCUT2D eigenvalue weighted by Gasteiger charge is 2.30. The van der Waals surface area contributed by atoms with Crippen LogP contribution in [0.15, 0.2) is 53.3 Å². The Morgan fingerprint density at radius 3 is 2.46 bits per heavy atom. The van der Waals surface area contributed by atoms with E-state index in [0.717, 1.165) is 16.9 Å². The van der Waals surface area contributed by atoms with Gasteiger partial charge in [-0.15, -0.1) is 4.73 Å². The number of aromatic nitrogens is 2. The van der Waals surface area contributed by atoms with Gasteiger partial charge in [-0.2, -0.15) is 13.2 Å². The quantitative estimate of drug-likeness (QED) is 0.464. The minimum absolute atomic E-state index is 0.0448. The van der Waals surface area contributed by atoms with Gasteiger partial charge < -0.3 is 25.5 Å². The lowest BCUT2D eigenvalue weighted by Gasteiger charge is -2.29. The fourth-order valence-corrected chi connectivity index (χ4v) is 3.97. The van der Waals surface area contributed by atoms with Crippen molar-refractivity contribution in [2.24, 2.45) is 0 Å². The van der Waals surface area contributed by atoms with Gasteiger partial charge in [-0.3, -0.25) is 9.59 Å². The Labute approximate surface area is 210 Å². The normalized spacial score (nSPS) is 14.0. The molecule has 1 aliphatic heterocycles. The highest BCUT2D eigenvalue weighted by atomic mass is 19.4. The fraction of sp³-hybridized carbons (Fsp3) is 0.320. The molecule has 2 aromatic carbocycles. The molecule has 1 atom stereocenters. The fourth-order valence-electron chi connectivity index (χ4n) is 3.97. The number of benzene rings is 2. The van der Waals surface area contributed by atoms with Gasteiger partial charge in [0.1, 0.15) is 12.9 Å². The minimum atomic E-state index is -4.43. The number of nitrogens with zero attached hydrogens (tertiary/aromatic N) is 3. The molecular formula is C25H26F3N5O4. The van der Waals surface area contributed by atoms with E-state index >= 15 is 0 Å². The Morgan fingerprint density at radius 2 is 1.84 bits per heavy atom. The first-order chi connectivity index (χ1) is 17.6. The van der Waals surface area contributed by atoms with Crippen molar-refractivity contribution in [3.63, 3.8) is 0 Å². The number of hydrogen-bond donors (Lipinski definition) is 2. The van der Waals surface area contributed by atoms with E-state index in [0.29, 0.717) is 41.2 Å². The lowest BCUT2D eigenvalue weighted by molar-refractivity contribution is -0.137. The third-order valence-corrected chi connectivity index (χ3v) is 6.05. The van der Waals surface area contributed by atoms with Crippen molar-refractivity contribution in [1.29, 1.82) is 0 Å². The van der Waals surface area contributed by atoms with Gasteiger partial charge >= 0.3 is 6.18 Å². The van der Waals surface area contributed by atoms with Gasteiger partial charge in [0.2, 0.25) is 5.95 Å². The molecule has 1 aliphatic rings. The SMILES string of the molecule is COn1c(NC(C)c2ccc(C(F)(F)F)cc2)nc2c(c1=O)CN(C(=O)COc1ccc(N)cc1)CC2. The first-order valence-corrected chi connectivity index (χ1v) is 11.5. The number of halogens is 3. The van der Waals surface area contributed by atoms with Gasteiger partial charge in [0.25, 0.3) is 11.5 Å². The molecule has 2 heterocycles. The van der Waals surface area contributed by atoms with E-state index in [4.69, 9.17) is 15.3 Å². The van der Waals surface area contributed by atoms with Crippen molar-refractivity contribution in [2.75, 3.05) is 31.3 Å². The molecule has 1 aromatic heterocycles. The first kappa shape index (κ1) is 25.9. The first-order valence-electron chi connectivity index (χ1n) is 11.5. The molecular weight excluding hydrogens is 491 g/mol. The molecule has 3 aromatic rings. The maximum Gasteiger partial charge on any atom is 0.416 e. The molecule has 1 unspecified atom stereocenters. The van der Waals surface area contributed by atoms with Crippen molar-refractivity contribution in [1.82, 2.24) is 14.6 Å². The molecule has 12 heteroatoms. The van der Waals surface area contributed by atoms with Crippen molar-refractivity contribution < 1.29 is 27.5 Å². The van der Waals surface area contributed by atoms with Crippen LogP contribution in [0.2, 0.25) is 0 Å². The number of fused-ring (bicyclic) bond motifs is 1. The highest BCUT2D eigenvalue weighted by molar-refractivity contribution is 5.78. The zero-order chi connectivity index (χ0) is 26.7. The number of carbonyl (C=O) groups excluding carboxylic acids is 1. The van der Waals surface area contributed by atoms with Crippen molar-refractivity contribution in [2.45, 2.75) is 32.1 Å². The summed E-state index contributed by atoms with van der Waals surface area (Å²) >= 11 is 0. The van der Waals surface area contributed by atoms with Crippen LogP contribution in [-0.4, -0.2) is 40.8 Å². The summed E-state index contributed by atoms with van der Waals surface area (Å²) in [7, 11) is 1.30. The van der Waals surface area contributed by atoms with Gasteiger partial charge in [0.05, 0.1) is 29.4 Å². The molecule has 3 N–H and O–H groups in total. The van der Waals surface area contributed by atoms with Crippen LogP contribution in [0.25, 0.3) is 0 Å². The highest BCUT2D eigenvalue weighted by Crippen LogP contribution is 2.30. The third kappa shape index (κ3) is 5.79. The van der Waals surface area contributed by atoms with Crippen LogP contribution in [0.1, 0.15) is 35.3 Å². The third-order valence-electron chi connectivity index (χ3n) is 6.05. The number of hydrogen-bond acceptors (Lipinski definition) is 7. The molecule has 4 rings (SSSR count). The lowest BCUT2D eigenvalue weighted by atomic mass is 10.1. The molecule has 9 nitrogen and oxygen atoms in total. The summed E-state index contributed by atoms with van der Waals surface area (Å²) in [6, 6.07) is 10.9. The molecule has 37 heavy (non-hydrogen) atoms. The number of ether oxygens (including phenoxy) is 1. The molecule has 0 aliphatic carbocycles. The Kier molecular flexibility index (Phi) is 7.28. The summed E-state index contributed by atoms with van der Waals surface area (Å²) in [6.45, 7) is 1.92. The number of carbonyl (C=O) groups is 1. The zero-order valence-electron chi connectivity index (χ0n) is 20.2. The summed E-state index contributed by atoms with van der Waals surface area (Å²) < 4.78 is 45.1. The number of rotatable bonds is 7. The predicted molar refractivity (Wildman–Crippen MR) is 130 cm³/mol. The largest absolute Gasteiger partial charge is 0.484 e. The second-order valence-electron chi connectivity index (χ2n) is 8.55. The van der Waals surface area contributed by atoms with E-state index in [-0.39, 0.29) is 25.0 Å². The Bertz CT molecular complexity index is 1320. The summed E-state index contributed by atoms with van der Waals surface area (Å²) in [5.41, 5.74) is 6.41. The second-order valence-corrected chi connectivity index (χ2v) is 8.55. The molecule has 0 saturated carbocycles. The van der Waals surface area contributed by atoms with E-state index in [2.05, 4.69) is 10.3 Å². The molecule has 196 valence electrons. The van der Waals surface area contributed by atoms with Crippen LogP contribution >= 0.6 is 0 Å². The zero-order valence-corrected chi connectivity index (χ0v) is 20.2. The van der Waals surface area contributed by atoms with E-state index in [1.165, 1.54) is 24.1 Å². The number of nitrogens with two attached hydrogens (primary N) is 1. The summed E-state index contributed by atoms with van der Waals surface area (Å²) in [5.74, 6) is 0.329. The van der Waals surface area contributed by atoms with Crippen LogP contribution in [0.4, 0.5) is 24.8 Å². The van der Waals surface area contributed by atoms with Crippen LogP contribution < -0.4 is 26.2 Å². The summed E-state index contributed by atoms with van der Waals surface area (Å²) in [5, 5.41) is 3.04. The molecule has 0 spiro atoms. The molecule has 1 amide bonds. The van der Waals surface area contributed by atoms with E-state index in [1.807, 2.05) is 0 Å². The number of nitrogen functional groups attached to an aromatic ring is 1. The average molecular weight is 518 g/mol. The molecule has 0 fully saturated rings. The van der Waals surface area contributed by atoms with Crippen molar-refractivity contribution in [3.8, 4) is 5.75 Å². The predicted octanol–water partition coefficient (Wildman–Crippen LogP) is 3.04. The standard InChI is InChI=1S/C25H26F3N5O4/c1-15(16-3-5-17(6-4-16)25(26,27)28)30-24-31-21-11-12-32(13-20(21)23(35)33(24)36-2)22(34)14-37-19-9-7-18(29)8-10-19/h3-10,15H,11-14,29H2,1-2H3,(H,30,31). The maximum absolute atomic E-state index is 13.2. The number of alkyl halides is 3. The Balaban J connectivity index is 1.47. The van der Waals surface area contributed by atoms with Crippen molar-refractivity contribution in [3.05, 3.63) is 81.3 Å². The van der Waals surface area contributed by atoms with E-state index in [1.54, 1.807) is 31.2 Å². The van der Waals surface area contributed by atoms with Gasteiger partial charge in [-0.1, -0.05) is 12.1 Å². The monoisotopic (exact) mass is 517 g/mol. The minimum Gasteiger partial charge on any atom is -0.484 e. The van der Waals surface area contributed by atoms with E-state index < -0.39 is 23.3 Å². The van der Waals surface area contributed by atoms with Gasteiger partial charge in [-0.25, -0.2) is 4.98 Å². The van der Waals surface area contributed by atoms with Crippen molar-refractivity contribution >= 4 is 17.5 Å². The lowest BCUT2D eigenvalue weighted by Crippen LogP contribution is -2.44. The summed E-state index contributed by atoms with van der Waals surface area (Å²) in [6.07, 6.45) is -4.09. The Morgan fingerprint density at radius 1 is 1.16 bits per heavy atom. The van der Waals surface area contributed by atoms with E-state index in [9.17, 15) is 22.8 Å². The number of anilines is 2. The Hall–Kier alpha value is -4.22. The topological polar surface area (TPSA) is 112 Å². The summed E-state index contributed by atoms with van der Waals surface area (Å²) in [4.78, 5) is 37.2. The van der Waals surface area contributed by atoms with Gasteiger partial charge in [0.15, 0.2) is 6.61 Å². The number of nitrogens with one attached hydrogen (secondary N) is 1. The van der Waals surface area contributed by atoms with Crippen LogP contribution in [0.3, 0.4) is 0 Å². The molecule has 0 bridgehead atoms. The maximum atomic E-state index is 13.2. The van der Waals surface area contributed by atoms with Crippen LogP contribution in [0.5, 0.6) is 5.75 Å². The molecule has 0 saturated heterocycles.